The molecule has 6 heteroatoms. The predicted molar refractivity (Wildman–Crippen MR) is 102 cm³/mol. The number of nitrogens with zero attached hydrogens (tertiary/aromatic N) is 2. The van der Waals surface area contributed by atoms with Crippen LogP contribution in [-0.4, -0.2) is 66.8 Å². The van der Waals surface area contributed by atoms with E-state index in [4.69, 9.17) is 9.84 Å². The number of carbonyl (C=O) groups is 1. The third-order valence-corrected chi connectivity index (χ3v) is 4.81. The van der Waals surface area contributed by atoms with E-state index in [2.05, 4.69) is 21.9 Å². The van der Waals surface area contributed by atoms with Crippen LogP contribution in [0.2, 0.25) is 0 Å². The summed E-state index contributed by atoms with van der Waals surface area (Å²) in [5, 5.41) is 8.58. The molecule has 144 valence electrons. The highest BCUT2D eigenvalue weighted by molar-refractivity contribution is 5.68. The summed E-state index contributed by atoms with van der Waals surface area (Å²) in [7, 11) is 0. The van der Waals surface area contributed by atoms with Gasteiger partial charge < -0.3 is 9.84 Å². The molecule has 2 aromatic rings. The third kappa shape index (κ3) is 5.85. The van der Waals surface area contributed by atoms with Gasteiger partial charge in [0.25, 0.3) is 0 Å². The van der Waals surface area contributed by atoms with Crippen molar-refractivity contribution in [3.8, 4) is 11.1 Å². The largest absolute Gasteiger partial charge is 0.480 e. The fourth-order valence-corrected chi connectivity index (χ4v) is 3.33. The van der Waals surface area contributed by atoms with Crippen LogP contribution in [-0.2, 0) is 16.1 Å². The van der Waals surface area contributed by atoms with E-state index in [9.17, 15) is 9.18 Å². The number of halogens is 1. The van der Waals surface area contributed by atoms with Crippen molar-refractivity contribution in [1.82, 2.24) is 9.80 Å². The standard InChI is InChI=1S/C21H25FN2O3/c22-19-7-5-17(6-8-19)20-4-2-1-3-18(20)15-24-11-9-23(10-12-24)13-14-27-16-21(25)26/h1-8H,9-16H2,(H,25,26). The third-order valence-electron chi connectivity index (χ3n) is 4.81. The zero-order valence-corrected chi connectivity index (χ0v) is 15.3. The Kier molecular flexibility index (Phi) is 6.92. The molecule has 1 aliphatic rings. The van der Waals surface area contributed by atoms with Gasteiger partial charge in [-0.1, -0.05) is 36.4 Å². The minimum absolute atomic E-state index is 0.223. The second-order valence-corrected chi connectivity index (χ2v) is 6.73. The summed E-state index contributed by atoms with van der Waals surface area (Å²) in [6.45, 7) is 5.61. The highest BCUT2D eigenvalue weighted by atomic mass is 19.1. The summed E-state index contributed by atoms with van der Waals surface area (Å²) in [6, 6.07) is 14.9. The number of benzene rings is 2. The molecule has 1 fully saturated rings. The Morgan fingerprint density at radius 2 is 1.67 bits per heavy atom. The van der Waals surface area contributed by atoms with Gasteiger partial charge >= 0.3 is 5.97 Å². The number of hydrogen-bond donors (Lipinski definition) is 1. The van der Waals surface area contributed by atoms with E-state index >= 15 is 0 Å². The molecule has 1 aliphatic heterocycles. The lowest BCUT2D eigenvalue weighted by atomic mass is 9.99. The van der Waals surface area contributed by atoms with Crippen LogP contribution in [0.4, 0.5) is 4.39 Å². The summed E-state index contributed by atoms with van der Waals surface area (Å²) < 4.78 is 18.3. The van der Waals surface area contributed by atoms with Gasteiger partial charge in [0.1, 0.15) is 12.4 Å². The van der Waals surface area contributed by atoms with Crippen LogP contribution in [0.25, 0.3) is 11.1 Å². The number of hydrogen-bond acceptors (Lipinski definition) is 4. The maximum absolute atomic E-state index is 13.2. The molecule has 2 aromatic carbocycles. The lowest BCUT2D eigenvalue weighted by Crippen LogP contribution is -2.46. The number of carboxylic acid groups (broad SMARTS) is 1. The summed E-state index contributed by atoms with van der Waals surface area (Å²) >= 11 is 0. The Morgan fingerprint density at radius 3 is 2.37 bits per heavy atom. The van der Waals surface area contributed by atoms with Gasteiger partial charge in [0, 0.05) is 39.3 Å². The molecule has 1 heterocycles. The first-order valence-corrected chi connectivity index (χ1v) is 9.20. The first-order chi connectivity index (χ1) is 13.1. The van der Waals surface area contributed by atoms with Crippen LogP contribution in [0.3, 0.4) is 0 Å². The van der Waals surface area contributed by atoms with E-state index in [1.807, 2.05) is 24.3 Å². The molecule has 0 unspecified atom stereocenters. The van der Waals surface area contributed by atoms with Crippen LogP contribution in [0.1, 0.15) is 5.56 Å². The summed E-state index contributed by atoms with van der Waals surface area (Å²) in [5.41, 5.74) is 3.41. The Labute approximate surface area is 159 Å². The van der Waals surface area contributed by atoms with Gasteiger partial charge in [-0.2, -0.15) is 0 Å². The molecule has 0 bridgehead atoms. The fraction of sp³-hybridized carbons (Fsp3) is 0.381. The molecular formula is C21H25FN2O3. The van der Waals surface area contributed by atoms with Crippen molar-refractivity contribution in [1.29, 1.82) is 0 Å². The Hall–Kier alpha value is -2.28. The van der Waals surface area contributed by atoms with Crippen LogP contribution in [0.5, 0.6) is 0 Å². The molecule has 27 heavy (non-hydrogen) atoms. The number of piperazine rings is 1. The average Bonchev–Trinajstić information content (AvgIpc) is 2.68. The maximum Gasteiger partial charge on any atom is 0.329 e. The topological polar surface area (TPSA) is 53.0 Å². The van der Waals surface area contributed by atoms with E-state index < -0.39 is 5.97 Å². The molecule has 0 amide bonds. The molecule has 0 aliphatic carbocycles. The molecule has 3 rings (SSSR count). The molecule has 0 aromatic heterocycles. The SMILES string of the molecule is O=C(O)COCCN1CCN(Cc2ccccc2-c2ccc(F)cc2)CC1. The van der Waals surface area contributed by atoms with Gasteiger partial charge in [0.05, 0.1) is 6.61 Å². The Morgan fingerprint density at radius 1 is 1.00 bits per heavy atom. The van der Waals surface area contributed by atoms with Gasteiger partial charge in [-0.25, -0.2) is 9.18 Å². The Bertz CT molecular complexity index is 743. The molecule has 1 saturated heterocycles. The number of carboxylic acids is 1. The van der Waals surface area contributed by atoms with E-state index in [1.54, 1.807) is 0 Å². The molecule has 0 radical (unpaired) electrons. The molecular weight excluding hydrogens is 347 g/mol. The summed E-state index contributed by atoms with van der Waals surface area (Å²) in [5.74, 6) is -1.15. The van der Waals surface area contributed by atoms with Crippen LogP contribution in [0, 0.1) is 5.82 Å². The molecule has 5 nitrogen and oxygen atoms in total. The van der Waals surface area contributed by atoms with Gasteiger partial charge in [-0.05, 0) is 28.8 Å². The zero-order valence-electron chi connectivity index (χ0n) is 15.3. The van der Waals surface area contributed by atoms with Crippen LogP contribution >= 0.6 is 0 Å². The number of aliphatic carboxylic acids is 1. The second kappa shape index (κ2) is 9.60. The zero-order chi connectivity index (χ0) is 19.1. The van der Waals surface area contributed by atoms with Crippen molar-refractivity contribution in [3.05, 3.63) is 59.9 Å². The lowest BCUT2D eigenvalue weighted by molar-refractivity contribution is -0.142. The average molecular weight is 372 g/mol. The lowest BCUT2D eigenvalue weighted by Gasteiger charge is -2.35. The summed E-state index contributed by atoms with van der Waals surface area (Å²) in [4.78, 5) is 15.2. The first-order valence-electron chi connectivity index (χ1n) is 9.20. The van der Waals surface area contributed by atoms with Gasteiger partial charge in [0.15, 0.2) is 0 Å². The van der Waals surface area contributed by atoms with Crippen LogP contribution < -0.4 is 0 Å². The van der Waals surface area contributed by atoms with Crippen molar-refractivity contribution >= 4 is 5.97 Å². The minimum Gasteiger partial charge on any atom is -0.480 e. The minimum atomic E-state index is -0.931. The van der Waals surface area contributed by atoms with Crippen molar-refractivity contribution < 1.29 is 19.0 Å². The monoisotopic (exact) mass is 372 g/mol. The van der Waals surface area contributed by atoms with Crippen molar-refractivity contribution in [2.75, 3.05) is 45.9 Å². The Balaban J connectivity index is 1.52. The van der Waals surface area contributed by atoms with Gasteiger partial charge in [0.2, 0.25) is 0 Å². The van der Waals surface area contributed by atoms with Gasteiger partial charge in [-0.15, -0.1) is 0 Å². The normalized spacial score (nSPS) is 15.7. The highest BCUT2D eigenvalue weighted by Crippen LogP contribution is 2.25. The van der Waals surface area contributed by atoms with Crippen LogP contribution in [0.15, 0.2) is 48.5 Å². The van der Waals surface area contributed by atoms with E-state index in [-0.39, 0.29) is 12.4 Å². The molecule has 1 N–H and O–H groups in total. The van der Waals surface area contributed by atoms with Crippen molar-refractivity contribution in [2.24, 2.45) is 0 Å². The smallest absolute Gasteiger partial charge is 0.329 e. The summed E-state index contributed by atoms with van der Waals surface area (Å²) in [6.07, 6.45) is 0. The fourth-order valence-electron chi connectivity index (χ4n) is 3.33. The van der Waals surface area contributed by atoms with Crippen molar-refractivity contribution in [2.45, 2.75) is 6.54 Å². The molecule has 0 saturated carbocycles. The predicted octanol–water partition coefficient (Wildman–Crippen LogP) is 2.71. The number of rotatable bonds is 8. The van der Waals surface area contributed by atoms with Crippen molar-refractivity contribution in [3.63, 3.8) is 0 Å². The highest BCUT2D eigenvalue weighted by Gasteiger charge is 2.18. The quantitative estimate of drug-likeness (QED) is 0.722. The van der Waals surface area contributed by atoms with Gasteiger partial charge in [-0.3, -0.25) is 9.80 Å². The van der Waals surface area contributed by atoms with E-state index in [1.165, 1.54) is 17.7 Å². The molecule has 0 atom stereocenters. The van der Waals surface area contributed by atoms with E-state index in [0.29, 0.717) is 6.61 Å². The molecule has 0 spiro atoms. The van der Waals surface area contributed by atoms with E-state index in [0.717, 1.165) is 50.4 Å². The maximum atomic E-state index is 13.2. The second-order valence-electron chi connectivity index (χ2n) is 6.73. The first kappa shape index (κ1) is 19.5. The number of ether oxygens (including phenoxy) is 1.